The number of halogens is 2. The molecule has 1 unspecified atom stereocenters. The van der Waals surface area contributed by atoms with Crippen LogP contribution in [-0.2, 0) is 32.5 Å². The van der Waals surface area contributed by atoms with Gasteiger partial charge >= 0.3 is 6.09 Å². The van der Waals surface area contributed by atoms with Gasteiger partial charge in [0.25, 0.3) is 0 Å². The summed E-state index contributed by atoms with van der Waals surface area (Å²) in [5, 5.41) is 2.19. The first-order valence-corrected chi connectivity index (χ1v) is 15.7. The molecule has 1 fully saturated rings. The van der Waals surface area contributed by atoms with Crippen molar-refractivity contribution < 1.29 is 35.7 Å². The van der Waals surface area contributed by atoms with Crippen molar-refractivity contribution in [2.24, 2.45) is 0 Å². The maximum atomic E-state index is 14.8. The maximum Gasteiger partial charge on any atom is 0.420 e. The van der Waals surface area contributed by atoms with E-state index >= 15 is 0 Å². The van der Waals surface area contributed by atoms with Crippen LogP contribution in [0.1, 0.15) is 44.7 Å². The summed E-state index contributed by atoms with van der Waals surface area (Å²) >= 11 is -1.95. The van der Waals surface area contributed by atoms with E-state index in [2.05, 4.69) is 19.5 Å². The molecule has 0 aromatic heterocycles. The Balaban J connectivity index is 1.57. The second-order valence-corrected chi connectivity index (χ2v) is 13.7. The van der Waals surface area contributed by atoms with Crippen LogP contribution >= 0.6 is 0 Å². The summed E-state index contributed by atoms with van der Waals surface area (Å²) in [5.74, 6) is -1.30. The van der Waals surface area contributed by atoms with Crippen LogP contribution in [0.4, 0.5) is 30.6 Å². The Morgan fingerprint density at radius 1 is 1.05 bits per heavy atom. The molecule has 226 valence electrons. The first-order chi connectivity index (χ1) is 19.7. The highest BCUT2D eigenvalue weighted by Gasteiger charge is 2.37. The van der Waals surface area contributed by atoms with Crippen molar-refractivity contribution in [3.63, 3.8) is 0 Å². The van der Waals surface area contributed by atoms with Crippen molar-refractivity contribution in [2.45, 2.75) is 57.9 Å². The fourth-order valence-electron chi connectivity index (χ4n) is 3.74. The average Bonchev–Trinajstić information content (AvgIpc) is 3.72. The smallest absolute Gasteiger partial charge is 0.420 e. The van der Waals surface area contributed by atoms with Gasteiger partial charge in [-0.25, -0.2) is 35.6 Å². The second kappa shape index (κ2) is 12.6. The number of sulfonamides is 1. The summed E-state index contributed by atoms with van der Waals surface area (Å²) in [7, 11) is -3.82. The Morgan fingerprint density at radius 3 is 2.45 bits per heavy atom. The number of ether oxygens (including phenoxy) is 2. The topological polar surface area (TPSA) is 135 Å². The molecule has 4 N–H and O–H groups in total. The lowest BCUT2D eigenvalue weighted by Crippen LogP contribution is -2.38. The summed E-state index contributed by atoms with van der Waals surface area (Å²) in [6.45, 7) is 6.79. The Hall–Kier alpha value is -3.75. The van der Waals surface area contributed by atoms with E-state index in [1.807, 2.05) is 0 Å². The zero-order valence-corrected chi connectivity index (χ0v) is 25.0. The summed E-state index contributed by atoms with van der Waals surface area (Å²) in [5.41, 5.74) is 0.392. The summed E-state index contributed by atoms with van der Waals surface area (Å²) in [6.07, 6.45) is 0.121. The molecule has 1 amide bonds. The Morgan fingerprint density at radius 2 is 1.79 bits per heavy atom. The third-order valence-corrected chi connectivity index (χ3v) is 8.37. The third-order valence-electron chi connectivity index (χ3n) is 5.78. The SMILES string of the molecule is Cc1ccc(Nc2cc(F)cc(Oc3cccc(CNS(=O)NC(=O)OC(C)(C)C)c3)c2NS(=O)(=O)C2CC2)c(F)c1. The zero-order valence-electron chi connectivity index (χ0n) is 23.4. The predicted octanol–water partition coefficient (Wildman–Crippen LogP) is 5.91. The molecule has 0 bridgehead atoms. The largest absolute Gasteiger partial charge is 0.455 e. The van der Waals surface area contributed by atoms with E-state index < -0.39 is 49.8 Å². The molecule has 10 nitrogen and oxygen atoms in total. The molecule has 42 heavy (non-hydrogen) atoms. The monoisotopic (exact) mass is 622 g/mol. The number of nitrogens with one attached hydrogen (secondary N) is 4. The highest BCUT2D eigenvalue weighted by molar-refractivity contribution is 7.93. The van der Waals surface area contributed by atoms with Crippen molar-refractivity contribution in [3.8, 4) is 11.5 Å². The second-order valence-electron chi connectivity index (χ2n) is 10.7. The van der Waals surface area contributed by atoms with E-state index in [1.165, 1.54) is 12.1 Å². The third kappa shape index (κ3) is 8.87. The van der Waals surface area contributed by atoms with Gasteiger partial charge in [0.15, 0.2) is 16.9 Å². The molecule has 0 spiro atoms. The Bertz CT molecular complexity index is 1610. The van der Waals surface area contributed by atoms with E-state index in [9.17, 15) is 26.2 Å². The number of benzene rings is 3. The summed E-state index contributed by atoms with van der Waals surface area (Å²) in [6, 6.07) is 12.9. The molecule has 0 saturated heterocycles. The van der Waals surface area contributed by atoms with Gasteiger partial charge in [0.2, 0.25) is 10.0 Å². The molecule has 1 atom stereocenters. The predicted molar refractivity (Wildman–Crippen MR) is 157 cm³/mol. The first-order valence-electron chi connectivity index (χ1n) is 13.0. The minimum absolute atomic E-state index is 0.0186. The van der Waals surface area contributed by atoms with Gasteiger partial charge in [-0.15, -0.1) is 0 Å². The highest BCUT2D eigenvalue weighted by Crippen LogP contribution is 2.41. The molecule has 14 heteroatoms. The van der Waals surface area contributed by atoms with Crippen LogP contribution in [0.3, 0.4) is 0 Å². The lowest BCUT2D eigenvalue weighted by molar-refractivity contribution is 0.0572. The van der Waals surface area contributed by atoms with Gasteiger partial charge in [-0.05, 0) is 82.0 Å². The molecule has 3 aromatic rings. The van der Waals surface area contributed by atoms with E-state index in [4.69, 9.17) is 9.47 Å². The first kappa shape index (κ1) is 31.2. The molecule has 1 aliphatic carbocycles. The van der Waals surface area contributed by atoms with Gasteiger partial charge in [-0.3, -0.25) is 4.72 Å². The van der Waals surface area contributed by atoms with Gasteiger partial charge in [0.1, 0.15) is 28.7 Å². The number of hydrogen-bond donors (Lipinski definition) is 4. The number of hydrogen-bond acceptors (Lipinski definition) is 7. The molecular weight excluding hydrogens is 590 g/mol. The number of anilines is 3. The standard InChI is InChI=1S/C28H32F2N4O6S2/c1-17-8-11-23(22(30)12-17)32-24-14-19(29)15-25(26(24)34-42(37,38)21-9-10-21)39-20-7-5-6-18(13-20)16-31-41(36)33-27(35)40-28(2,3)4/h5-8,11-15,21,31-32,34H,9-10,16H2,1-4H3,(H,33,35). The van der Waals surface area contributed by atoms with Gasteiger partial charge in [-0.1, -0.05) is 18.2 Å². The molecule has 4 rings (SSSR count). The molecule has 3 aromatic carbocycles. The number of aryl methyl sites for hydroxylation is 1. The van der Waals surface area contributed by atoms with Crippen LogP contribution in [0.25, 0.3) is 0 Å². The molecular formula is C28H32F2N4O6S2. The normalized spacial score (nSPS) is 14.1. The van der Waals surface area contributed by atoms with Crippen LogP contribution in [-0.4, -0.2) is 29.6 Å². The van der Waals surface area contributed by atoms with Crippen LogP contribution in [0.5, 0.6) is 11.5 Å². The number of amides is 1. The minimum Gasteiger partial charge on any atom is -0.455 e. The fraction of sp³-hybridized carbons (Fsp3) is 0.321. The Labute approximate surface area is 246 Å². The average molecular weight is 623 g/mol. The van der Waals surface area contributed by atoms with Crippen molar-refractivity contribution >= 4 is 44.4 Å². The lowest BCUT2D eigenvalue weighted by atomic mass is 10.2. The van der Waals surface area contributed by atoms with Crippen molar-refractivity contribution in [1.29, 1.82) is 0 Å². The van der Waals surface area contributed by atoms with Gasteiger partial charge in [-0.2, -0.15) is 0 Å². The van der Waals surface area contributed by atoms with Crippen molar-refractivity contribution in [3.05, 3.63) is 77.4 Å². The summed E-state index contributed by atoms with van der Waals surface area (Å²) < 4.78 is 85.7. The van der Waals surface area contributed by atoms with E-state index in [-0.39, 0.29) is 35.1 Å². The number of carbonyl (C=O) groups excluding carboxylic acids is 1. The zero-order chi connectivity index (χ0) is 30.7. The van der Waals surface area contributed by atoms with E-state index in [0.717, 1.165) is 12.1 Å². The van der Waals surface area contributed by atoms with Crippen LogP contribution in [0.15, 0.2) is 54.6 Å². The summed E-state index contributed by atoms with van der Waals surface area (Å²) in [4.78, 5) is 11.8. The van der Waals surface area contributed by atoms with Crippen LogP contribution in [0, 0.1) is 18.6 Å². The lowest BCUT2D eigenvalue weighted by Gasteiger charge is -2.19. The molecule has 0 radical (unpaired) electrons. The highest BCUT2D eigenvalue weighted by atomic mass is 32.2. The van der Waals surface area contributed by atoms with Crippen molar-refractivity contribution in [2.75, 3.05) is 10.0 Å². The van der Waals surface area contributed by atoms with Crippen molar-refractivity contribution in [1.82, 2.24) is 9.44 Å². The van der Waals surface area contributed by atoms with Crippen LogP contribution < -0.4 is 24.2 Å². The minimum atomic E-state index is -3.82. The van der Waals surface area contributed by atoms with Gasteiger partial charge in [0, 0.05) is 12.6 Å². The van der Waals surface area contributed by atoms with Gasteiger partial charge in [0.05, 0.1) is 16.6 Å². The van der Waals surface area contributed by atoms with Gasteiger partial charge < -0.3 is 14.8 Å². The number of rotatable bonds is 11. The molecule has 0 heterocycles. The Kier molecular flexibility index (Phi) is 9.38. The van der Waals surface area contributed by atoms with Crippen LogP contribution in [0.2, 0.25) is 0 Å². The van der Waals surface area contributed by atoms with E-state index in [0.29, 0.717) is 24.0 Å². The quantitative estimate of drug-likeness (QED) is 0.209. The number of carbonyl (C=O) groups is 1. The maximum absolute atomic E-state index is 14.8. The molecule has 0 aliphatic heterocycles. The molecule has 1 aliphatic rings. The fourth-order valence-corrected chi connectivity index (χ4v) is 5.72. The van der Waals surface area contributed by atoms with E-state index in [1.54, 1.807) is 58.0 Å². The molecule has 1 saturated carbocycles.